The van der Waals surface area contributed by atoms with Gasteiger partial charge in [0, 0.05) is 21.5 Å². The molecule has 0 saturated carbocycles. The maximum absolute atomic E-state index is 12.6. The third kappa shape index (κ3) is 3.11. The number of rotatable bonds is 4. The number of fused-ring (bicyclic) bond motifs is 1. The second-order valence-corrected chi connectivity index (χ2v) is 6.89. The smallest absolute Gasteiger partial charge is 0.348 e. The quantitative estimate of drug-likeness (QED) is 0.458. The second-order valence-electron chi connectivity index (χ2n) is 5.60. The number of nitrogens with zero attached hydrogens (tertiary/aromatic N) is 1. The van der Waals surface area contributed by atoms with Gasteiger partial charge in [-0.2, -0.15) is 0 Å². The van der Waals surface area contributed by atoms with Gasteiger partial charge in [-0.3, -0.25) is 0 Å². The minimum atomic E-state index is -0.398. The Bertz CT molecular complexity index is 1110. The van der Waals surface area contributed by atoms with E-state index in [1.165, 1.54) is 11.3 Å². The molecule has 2 aromatic heterocycles. The molecule has 0 spiro atoms. The maximum atomic E-state index is 12.6. The minimum Gasteiger partial charge on any atom is -0.494 e. The molecule has 130 valence electrons. The van der Waals surface area contributed by atoms with E-state index in [2.05, 4.69) is 4.98 Å². The molecule has 26 heavy (non-hydrogen) atoms. The van der Waals surface area contributed by atoms with E-state index in [1.807, 2.05) is 36.6 Å². The Kier molecular flexibility index (Phi) is 4.49. The zero-order valence-electron chi connectivity index (χ0n) is 13.9. The Morgan fingerprint density at radius 2 is 1.77 bits per heavy atom. The molecular weight excluding hydrogens is 370 g/mol. The van der Waals surface area contributed by atoms with Gasteiger partial charge < -0.3 is 9.15 Å². The predicted octanol–water partition coefficient (Wildman–Crippen LogP) is 5.64. The van der Waals surface area contributed by atoms with Gasteiger partial charge in [-0.25, -0.2) is 9.78 Å². The highest BCUT2D eigenvalue weighted by atomic mass is 35.5. The lowest BCUT2D eigenvalue weighted by molar-refractivity contribution is 0.340. The molecule has 0 fully saturated rings. The van der Waals surface area contributed by atoms with E-state index in [4.69, 9.17) is 20.8 Å². The largest absolute Gasteiger partial charge is 0.494 e. The van der Waals surface area contributed by atoms with E-state index in [1.54, 1.807) is 24.3 Å². The molecule has 0 aliphatic rings. The molecule has 4 aromatic rings. The lowest BCUT2D eigenvalue weighted by Crippen LogP contribution is -2.02. The number of aromatic nitrogens is 1. The predicted molar refractivity (Wildman–Crippen MR) is 105 cm³/mol. The van der Waals surface area contributed by atoms with E-state index >= 15 is 0 Å². The number of hydrogen-bond acceptors (Lipinski definition) is 5. The second kappa shape index (κ2) is 6.94. The fraction of sp³-hybridized carbons (Fsp3) is 0.100. The monoisotopic (exact) mass is 383 g/mol. The van der Waals surface area contributed by atoms with Gasteiger partial charge in [0.1, 0.15) is 16.0 Å². The number of halogens is 1. The normalized spacial score (nSPS) is 11.0. The van der Waals surface area contributed by atoms with Gasteiger partial charge in [0.2, 0.25) is 5.89 Å². The topological polar surface area (TPSA) is 52.3 Å². The van der Waals surface area contributed by atoms with Crippen molar-refractivity contribution in [2.75, 3.05) is 6.61 Å². The SMILES string of the molecule is CCOc1ccc(-c2csc3nc(-c4ccc(Cl)cc4)oc(=O)c23)cc1. The highest BCUT2D eigenvalue weighted by Crippen LogP contribution is 2.33. The van der Waals surface area contributed by atoms with Crippen molar-refractivity contribution >= 4 is 33.2 Å². The third-order valence-electron chi connectivity index (χ3n) is 3.94. The average molecular weight is 384 g/mol. The molecular formula is C20H14ClNO3S. The number of hydrogen-bond donors (Lipinski definition) is 0. The first-order valence-electron chi connectivity index (χ1n) is 8.07. The average Bonchev–Trinajstić information content (AvgIpc) is 3.08. The summed E-state index contributed by atoms with van der Waals surface area (Å²) in [7, 11) is 0. The zero-order valence-corrected chi connectivity index (χ0v) is 15.4. The summed E-state index contributed by atoms with van der Waals surface area (Å²) in [6.45, 7) is 2.55. The summed E-state index contributed by atoms with van der Waals surface area (Å²) < 4.78 is 10.9. The fourth-order valence-corrected chi connectivity index (χ4v) is 3.76. The van der Waals surface area contributed by atoms with Crippen LogP contribution in [0.3, 0.4) is 0 Å². The first kappa shape index (κ1) is 16.8. The lowest BCUT2D eigenvalue weighted by atomic mass is 10.1. The van der Waals surface area contributed by atoms with Crippen LogP contribution >= 0.6 is 22.9 Å². The molecule has 2 heterocycles. The van der Waals surface area contributed by atoms with Crippen LogP contribution in [-0.4, -0.2) is 11.6 Å². The Labute approximate surface area is 158 Å². The summed E-state index contributed by atoms with van der Waals surface area (Å²) in [4.78, 5) is 17.8. The van der Waals surface area contributed by atoms with Gasteiger partial charge >= 0.3 is 5.63 Å². The van der Waals surface area contributed by atoms with Gasteiger partial charge in [0.15, 0.2) is 0 Å². The van der Waals surface area contributed by atoms with Gasteiger partial charge in [0.05, 0.1) is 6.61 Å². The van der Waals surface area contributed by atoms with Gasteiger partial charge in [-0.15, -0.1) is 11.3 Å². The van der Waals surface area contributed by atoms with Crippen LogP contribution in [0.15, 0.2) is 63.1 Å². The summed E-state index contributed by atoms with van der Waals surface area (Å²) in [5.74, 6) is 1.09. The molecule has 0 aliphatic carbocycles. The van der Waals surface area contributed by atoms with Gasteiger partial charge in [-0.1, -0.05) is 23.7 Å². The molecule has 0 N–H and O–H groups in total. The van der Waals surface area contributed by atoms with Crippen molar-refractivity contribution in [3.05, 3.63) is 69.4 Å². The van der Waals surface area contributed by atoms with Crippen LogP contribution in [0.1, 0.15) is 6.92 Å². The van der Waals surface area contributed by atoms with Crippen molar-refractivity contribution in [1.29, 1.82) is 0 Å². The Balaban J connectivity index is 1.79. The molecule has 0 amide bonds. The van der Waals surface area contributed by atoms with E-state index in [-0.39, 0.29) is 0 Å². The summed E-state index contributed by atoms with van der Waals surface area (Å²) in [5, 5.41) is 3.04. The first-order valence-corrected chi connectivity index (χ1v) is 9.33. The number of benzene rings is 2. The van der Waals surface area contributed by atoms with Crippen LogP contribution in [0.2, 0.25) is 5.02 Å². The molecule has 0 atom stereocenters. The minimum absolute atomic E-state index is 0.291. The van der Waals surface area contributed by atoms with Gasteiger partial charge in [0.25, 0.3) is 0 Å². The molecule has 0 bridgehead atoms. The van der Waals surface area contributed by atoms with E-state index in [0.29, 0.717) is 33.3 Å². The van der Waals surface area contributed by atoms with Crippen LogP contribution in [-0.2, 0) is 0 Å². The van der Waals surface area contributed by atoms with Crippen LogP contribution in [0.5, 0.6) is 5.75 Å². The van der Waals surface area contributed by atoms with Crippen LogP contribution in [0, 0.1) is 0 Å². The van der Waals surface area contributed by atoms with E-state index in [0.717, 1.165) is 16.9 Å². The van der Waals surface area contributed by atoms with Crippen molar-refractivity contribution in [2.45, 2.75) is 6.92 Å². The van der Waals surface area contributed by atoms with Gasteiger partial charge in [-0.05, 0) is 48.9 Å². The molecule has 0 radical (unpaired) electrons. The lowest BCUT2D eigenvalue weighted by Gasteiger charge is -2.04. The van der Waals surface area contributed by atoms with Crippen molar-refractivity contribution in [3.63, 3.8) is 0 Å². The standard InChI is InChI=1S/C20H14ClNO3S/c1-2-24-15-9-5-12(6-10-15)16-11-26-19-17(16)20(23)25-18(22-19)13-3-7-14(21)8-4-13/h3-11H,2H2,1H3. The summed E-state index contributed by atoms with van der Waals surface area (Å²) in [5.41, 5.74) is 2.06. The van der Waals surface area contributed by atoms with Crippen molar-refractivity contribution in [2.24, 2.45) is 0 Å². The first-order chi connectivity index (χ1) is 12.7. The summed E-state index contributed by atoms with van der Waals surface area (Å²) in [6, 6.07) is 14.7. The van der Waals surface area contributed by atoms with Crippen LogP contribution in [0.4, 0.5) is 0 Å². The Hall–Kier alpha value is -2.63. The Morgan fingerprint density at radius 1 is 1.08 bits per heavy atom. The summed E-state index contributed by atoms with van der Waals surface area (Å²) >= 11 is 7.33. The molecule has 4 rings (SSSR count). The maximum Gasteiger partial charge on any atom is 0.348 e. The number of thiophene rings is 1. The Morgan fingerprint density at radius 3 is 2.46 bits per heavy atom. The molecule has 6 heteroatoms. The fourth-order valence-electron chi connectivity index (χ4n) is 2.71. The molecule has 0 unspecified atom stereocenters. The van der Waals surface area contributed by atoms with Crippen LogP contribution < -0.4 is 10.4 Å². The summed E-state index contributed by atoms with van der Waals surface area (Å²) in [6.07, 6.45) is 0. The number of ether oxygens (including phenoxy) is 1. The van der Waals surface area contributed by atoms with Crippen LogP contribution in [0.25, 0.3) is 32.8 Å². The molecule has 2 aromatic carbocycles. The van der Waals surface area contributed by atoms with E-state index < -0.39 is 5.63 Å². The third-order valence-corrected chi connectivity index (χ3v) is 5.06. The van der Waals surface area contributed by atoms with Crippen molar-refractivity contribution in [1.82, 2.24) is 4.98 Å². The highest BCUT2D eigenvalue weighted by Gasteiger charge is 2.15. The zero-order chi connectivity index (χ0) is 18.1. The molecule has 4 nitrogen and oxygen atoms in total. The van der Waals surface area contributed by atoms with Crippen molar-refractivity contribution < 1.29 is 9.15 Å². The highest BCUT2D eigenvalue weighted by molar-refractivity contribution is 7.17. The van der Waals surface area contributed by atoms with Crippen molar-refractivity contribution in [3.8, 4) is 28.3 Å². The molecule has 0 saturated heterocycles. The molecule has 0 aliphatic heterocycles. The van der Waals surface area contributed by atoms with E-state index in [9.17, 15) is 4.79 Å².